The van der Waals surface area contributed by atoms with Gasteiger partial charge < -0.3 is 15.6 Å². The van der Waals surface area contributed by atoms with Crippen molar-refractivity contribution in [1.82, 2.24) is 14.5 Å². The Labute approximate surface area is 82.0 Å². The van der Waals surface area contributed by atoms with Crippen LogP contribution in [0.4, 0.5) is 5.82 Å². The summed E-state index contributed by atoms with van der Waals surface area (Å²) in [7, 11) is 1.96. The van der Waals surface area contributed by atoms with E-state index >= 15 is 0 Å². The van der Waals surface area contributed by atoms with Gasteiger partial charge in [-0.05, 0) is 6.07 Å². The van der Waals surface area contributed by atoms with Gasteiger partial charge in [0.25, 0.3) is 0 Å². The molecule has 0 aliphatic carbocycles. The van der Waals surface area contributed by atoms with E-state index in [0.717, 1.165) is 16.9 Å². The minimum atomic E-state index is 0.588. The van der Waals surface area contributed by atoms with Crippen molar-refractivity contribution < 1.29 is 0 Å². The first kappa shape index (κ1) is 8.96. The highest BCUT2D eigenvalue weighted by Crippen LogP contribution is 2.17. The molecule has 3 N–H and O–H groups in total. The van der Waals surface area contributed by atoms with Crippen LogP contribution in [0.25, 0.3) is 11.0 Å². The van der Waals surface area contributed by atoms with E-state index in [1.807, 2.05) is 17.7 Å². The molecule has 0 fully saturated rings. The van der Waals surface area contributed by atoms with Gasteiger partial charge in [-0.3, -0.25) is 0 Å². The lowest BCUT2D eigenvalue weighted by atomic mass is 10.4. The average molecular weight is 191 g/mol. The number of nitrogens with two attached hydrogens (primary N) is 1. The molecule has 0 aliphatic rings. The molecule has 0 aliphatic heterocycles. The Kier molecular flexibility index (Phi) is 2.32. The topological polar surface area (TPSA) is 68.8 Å². The zero-order chi connectivity index (χ0) is 9.97. The zero-order valence-corrected chi connectivity index (χ0v) is 8.07. The van der Waals surface area contributed by atoms with Crippen LogP contribution in [0.15, 0.2) is 18.6 Å². The van der Waals surface area contributed by atoms with E-state index in [0.29, 0.717) is 13.1 Å². The van der Waals surface area contributed by atoms with E-state index in [4.69, 9.17) is 5.73 Å². The third kappa shape index (κ3) is 1.42. The Balaban J connectivity index is 2.44. The molecule has 0 spiro atoms. The van der Waals surface area contributed by atoms with Crippen LogP contribution in [0.5, 0.6) is 0 Å². The normalized spacial score (nSPS) is 10.7. The lowest BCUT2D eigenvalue weighted by molar-refractivity contribution is 0.947. The molecular weight excluding hydrogens is 178 g/mol. The molecule has 0 saturated carbocycles. The number of hydrogen-bond donors (Lipinski definition) is 2. The van der Waals surface area contributed by atoms with Gasteiger partial charge in [0.15, 0.2) is 5.82 Å². The largest absolute Gasteiger partial charge is 0.367 e. The van der Waals surface area contributed by atoms with Crippen molar-refractivity contribution in [1.29, 1.82) is 0 Å². The molecule has 2 heterocycles. The van der Waals surface area contributed by atoms with E-state index in [-0.39, 0.29) is 0 Å². The maximum atomic E-state index is 5.41. The maximum Gasteiger partial charge on any atom is 0.154 e. The van der Waals surface area contributed by atoms with Gasteiger partial charge in [0.2, 0.25) is 0 Å². The number of nitrogens with zero attached hydrogens (tertiary/aromatic N) is 3. The summed E-state index contributed by atoms with van der Waals surface area (Å²) in [6, 6.07) is 1.94. The van der Waals surface area contributed by atoms with Crippen molar-refractivity contribution in [2.24, 2.45) is 12.8 Å². The molecule has 5 heteroatoms. The predicted molar refractivity (Wildman–Crippen MR) is 56.1 cm³/mol. The molecular formula is C9H13N5. The Hall–Kier alpha value is -1.62. The molecule has 0 saturated heterocycles. The molecule has 0 atom stereocenters. The second-order valence-corrected chi connectivity index (χ2v) is 3.10. The summed E-state index contributed by atoms with van der Waals surface area (Å²) in [5.41, 5.74) is 7.37. The van der Waals surface area contributed by atoms with Crippen molar-refractivity contribution in [2.45, 2.75) is 0 Å². The average Bonchev–Trinajstić information content (AvgIpc) is 2.58. The summed E-state index contributed by atoms with van der Waals surface area (Å²) in [5, 5.41) is 3.14. The molecule has 74 valence electrons. The summed E-state index contributed by atoms with van der Waals surface area (Å²) < 4.78 is 1.96. The van der Waals surface area contributed by atoms with Gasteiger partial charge in [-0.15, -0.1) is 0 Å². The van der Waals surface area contributed by atoms with Crippen LogP contribution in [0.2, 0.25) is 0 Å². The number of aryl methyl sites for hydroxylation is 1. The van der Waals surface area contributed by atoms with Gasteiger partial charge in [0.1, 0.15) is 5.52 Å². The molecule has 0 aromatic carbocycles. The second kappa shape index (κ2) is 3.63. The molecule has 0 bridgehead atoms. The Morgan fingerprint density at radius 1 is 1.50 bits per heavy atom. The molecule has 14 heavy (non-hydrogen) atoms. The molecule has 2 rings (SSSR count). The molecule has 0 unspecified atom stereocenters. The third-order valence-corrected chi connectivity index (χ3v) is 2.08. The maximum absolute atomic E-state index is 5.41. The van der Waals surface area contributed by atoms with Crippen molar-refractivity contribution in [3.05, 3.63) is 18.6 Å². The Morgan fingerprint density at radius 3 is 3.14 bits per heavy atom. The first-order valence-electron chi connectivity index (χ1n) is 4.53. The van der Waals surface area contributed by atoms with Crippen LogP contribution >= 0.6 is 0 Å². The second-order valence-electron chi connectivity index (χ2n) is 3.10. The van der Waals surface area contributed by atoms with Crippen LogP contribution in [-0.4, -0.2) is 27.6 Å². The number of anilines is 1. The number of hydrogen-bond acceptors (Lipinski definition) is 4. The van der Waals surface area contributed by atoms with E-state index in [1.54, 1.807) is 12.5 Å². The van der Waals surface area contributed by atoms with Gasteiger partial charge >= 0.3 is 0 Å². The SMILES string of the molecule is Cn1cnc2c(NCCN)nccc21. The van der Waals surface area contributed by atoms with E-state index in [9.17, 15) is 0 Å². The summed E-state index contributed by atoms with van der Waals surface area (Å²) in [5.74, 6) is 0.800. The number of nitrogens with one attached hydrogen (secondary N) is 1. The van der Waals surface area contributed by atoms with Crippen LogP contribution in [0.3, 0.4) is 0 Å². The highest BCUT2D eigenvalue weighted by atomic mass is 15.1. The molecule has 2 aromatic rings. The highest BCUT2D eigenvalue weighted by molar-refractivity contribution is 5.85. The summed E-state index contributed by atoms with van der Waals surface area (Å²) >= 11 is 0. The molecule has 0 amide bonds. The van der Waals surface area contributed by atoms with Crippen LogP contribution in [-0.2, 0) is 7.05 Å². The Bertz CT molecular complexity index is 434. The number of fused-ring (bicyclic) bond motifs is 1. The summed E-state index contributed by atoms with van der Waals surface area (Å²) in [6.45, 7) is 1.30. The first-order chi connectivity index (χ1) is 6.83. The minimum Gasteiger partial charge on any atom is -0.367 e. The van der Waals surface area contributed by atoms with E-state index < -0.39 is 0 Å². The highest BCUT2D eigenvalue weighted by Gasteiger charge is 2.04. The van der Waals surface area contributed by atoms with Crippen molar-refractivity contribution >= 4 is 16.9 Å². The molecule has 0 radical (unpaired) electrons. The van der Waals surface area contributed by atoms with Gasteiger partial charge in [-0.2, -0.15) is 0 Å². The van der Waals surface area contributed by atoms with Gasteiger partial charge in [0.05, 0.1) is 11.8 Å². The third-order valence-electron chi connectivity index (χ3n) is 2.08. The fraction of sp³-hybridized carbons (Fsp3) is 0.333. The fourth-order valence-electron chi connectivity index (χ4n) is 1.38. The van der Waals surface area contributed by atoms with Crippen LogP contribution in [0.1, 0.15) is 0 Å². The van der Waals surface area contributed by atoms with Gasteiger partial charge in [-0.1, -0.05) is 0 Å². The lowest BCUT2D eigenvalue weighted by Gasteiger charge is -2.03. The first-order valence-corrected chi connectivity index (χ1v) is 4.53. The number of pyridine rings is 1. The van der Waals surface area contributed by atoms with E-state index in [1.165, 1.54) is 0 Å². The van der Waals surface area contributed by atoms with Crippen molar-refractivity contribution in [3.63, 3.8) is 0 Å². The quantitative estimate of drug-likeness (QED) is 0.734. The number of rotatable bonds is 3. The van der Waals surface area contributed by atoms with Gasteiger partial charge in [0, 0.05) is 26.3 Å². The monoisotopic (exact) mass is 191 g/mol. The van der Waals surface area contributed by atoms with Crippen LogP contribution in [0, 0.1) is 0 Å². The van der Waals surface area contributed by atoms with Crippen molar-refractivity contribution in [3.8, 4) is 0 Å². The van der Waals surface area contributed by atoms with E-state index in [2.05, 4.69) is 15.3 Å². The standard InChI is InChI=1S/C9H13N5/c1-14-6-13-8-7(14)2-4-11-9(8)12-5-3-10/h2,4,6H,3,5,10H2,1H3,(H,11,12). The zero-order valence-electron chi connectivity index (χ0n) is 8.07. The Morgan fingerprint density at radius 2 is 2.36 bits per heavy atom. The number of imidazole rings is 1. The molecule has 5 nitrogen and oxygen atoms in total. The van der Waals surface area contributed by atoms with Crippen LogP contribution < -0.4 is 11.1 Å². The van der Waals surface area contributed by atoms with Gasteiger partial charge in [-0.25, -0.2) is 9.97 Å². The van der Waals surface area contributed by atoms with Crippen molar-refractivity contribution in [2.75, 3.05) is 18.4 Å². The summed E-state index contributed by atoms with van der Waals surface area (Å²) in [6.07, 6.45) is 3.54. The number of aromatic nitrogens is 3. The minimum absolute atomic E-state index is 0.588. The lowest BCUT2D eigenvalue weighted by Crippen LogP contribution is -2.14. The fourth-order valence-corrected chi connectivity index (χ4v) is 1.38. The smallest absolute Gasteiger partial charge is 0.154 e. The summed E-state index contributed by atoms with van der Waals surface area (Å²) in [4.78, 5) is 8.48. The molecule has 2 aromatic heterocycles. The predicted octanol–water partition coefficient (Wildman–Crippen LogP) is 0.339.